The molecule has 6 nitrogen and oxygen atoms in total. The normalized spacial score (nSPS) is 12.5. The number of carbonyl (C=O) groups is 2. The van der Waals surface area contributed by atoms with Gasteiger partial charge in [0.1, 0.15) is 6.04 Å². The van der Waals surface area contributed by atoms with E-state index >= 15 is 0 Å². The second-order valence-electron chi connectivity index (χ2n) is 5.51. The Balaban J connectivity index is 2.90. The highest BCUT2D eigenvalue weighted by atomic mass is 16.4. The van der Waals surface area contributed by atoms with E-state index in [0.29, 0.717) is 0 Å². The number of aliphatic carboxylic acids is 1. The van der Waals surface area contributed by atoms with Crippen molar-refractivity contribution >= 4 is 11.9 Å². The first-order valence-corrected chi connectivity index (χ1v) is 7.37. The molecule has 1 aromatic rings. The zero-order valence-electron chi connectivity index (χ0n) is 13.4. The van der Waals surface area contributed by atoms with Gasteiger partial charge in [-0.3, -0.25) is 9.48 Å². The standard InChI is InChI=1S/C15H25N3O3/c1-6-11-10(12(7-2)18(5)17-11)8-13(19)16-14(9(3)4)15(20)21/h9,14H,6-8H2,1-5H3,(H,16,19)(H,20,21)/t14-/m0/s1. The average molecular weight is 295 g/mol. The van der Waals surface area contributed by atoms with Crippen LogP contribution in [0.3, 0.4) is 0 Å². The SMILES string of the molecule is CCc1nn(C)c(CC)c1CC(=O)N[C@H](C(=O)O)C(C)C. The third kappa shape index (κ3) is 4.06. The fourth-order valence-electron chi connectivity index (χ4n) is 2.49. The minimum atomic E-state index is -1.00. The van der Waals surface area contributed by atoms with Gasteiger partial charge in [-0.1, -0.05) is 27.7 Å². The van der Waals surface area contributed by atoms with Crippen LogP contribution in [0.4, 0.5) is 0 Å². The molecule has 0 aromatic carbocycles. The Morgan fingerprint density at radius 2 is 1.90 bits per heavy atom. The van der Waals surface area contributed by atoms with Gasteiger partial charge >= 0.3 is 5.97 Å². The molecular weight excluding hydrogens is 270 g/mol. The molecule has 6 heteroatoms. The fourth-order valence-corrected chi connectivity index (χ4v) is 2.49. The van der Waals surface area contributed by atoms with Crippen LogP contribution < -0.4 is 5.32 Å². The number of nitrogens with zero attached hydrogens (tertiary/aromatic N) is 2. The molecule has 1 atom stereocenters. The van der Waals surface area contributed by atoms with E-state index in [4.69, 9.17) is 5.11 Å². The summed E-state index contributed by atoms with van der Waals surface area (Å²) in [6, 6.07) is -0.857. The summed E-state index contributed by atoms with van der Waals surface area (Å²) in [5.41, 5.74) is 2.85. The molecular formula is C15H25N3O3. The van der Waals surface area contributed by atoms with E-state index in [1.165, 1.54) is 0 Å². The highest BCUT2D eigenvalue weighted by Gasteiger charge is 2.25. The van der Waals surface area contributed by atoms with Gasteiger partial charge in [0.05, 0.1) is 12.1 Å². The number of aromatic nitrogens is 2. The summed E-state index contributed by atoms with van der Waals surface area (Å²) in [5, 5.41) is 16.2. The third-order valence-electron chi connectivity index (χ3n) is 3.61. The summed E-state index contributed by atoms with van der Waals surface area (Å²) in [6.07, 6.45) is 1.72. The fraction of sp³-hybridized carbons (Fsp3) is 0.667. The number of rotatable bonds is 7. The van der Waals surface area contributed by atoms with Crippen LogP contribution in [0.1, 0.15) is 44.6 Å². The van der Waals surface area contributed by atoms with Crippen LogP contribution in [0.5, 0.6) is 0 Å². The zero-order valence-corrected chi connectivity index (χ0v) is 13.4. The molecule has 0 aliphatic carbocycles. The molecule has 0 fully saturated rings. The second-order valence-corrected chi connectivity index (χ2v) is 5.51. The van der Waals surface area contributed by atoms with Crippen LogP contribution in [-0.4, -0.2) is 32.8 Å². The number of amides is 1. The number of carboxylic acids is 1. The Kier molecular flexibility index (Phi) is 5.93. The Morgan fingerprint density at radius 1 is 1.29 bits per heavy atom. The minimum absolute atomic E-state index is 0.156. The van der Waals surface area contributed by atoms with Crippen molar-refractivity contribution in [3.8, 4) is 0 Å². The molecule has 1 amide bonds. The molecule has 0 unspecified atom stereocenters. The minimum Gasteiger partial charge on any atom is -0.480 e. The summed E-state index contributed by atoms with van der Waals surface area (Å²) in [5.74, 6) is -1.43. The predicted molar refractivity (Wildman–Crippen MR) is 80.1 cm³/mol. The summed E-state index contributed by atoms with van der Waals surface area (Å²) >= 11 is 0. The molecule has 0 spiro atoms. The van der Waals surface area contributed by atoms with E-state index in [-0.39, 0.29) is 18.2 Å². The molecule has 2 N–H and O–H groups in total. The Labute approximate surface area is 125 Å². The van der Waals surface area contributed by atoms with E-state index in [9.17, 15) is 9.59 Å². The maximum Gasteiger partial charge on any atom is 0.326 e. The van der Waals surface area contributed by atoms with Gasteiger partial charge in [0.15, 0.2) is 0 Å². The lowest BCUT2D eigenvalue weighted by atomic mass is 10.0. The van der Waals surface area contributed by atoms with Crippen LogP contribution in [0.2, 0.25) is 0 Å². The van der Waals surface area contributed by atoms with Crippen molar-refractivity contribution in [1.82, 2.24) is 15.1 Å². The summed E-state index contributed by atoms with van der Waals surface area (Å²) in [7, 11) is 1.87. The van der Waals surface area contributed by atoms with Crippen LogP contribution in [0, 0.1) is 5.92 Å². The lowest BCUT2D eigenvalue weighted by Crippen LogP contribution is -2.45. The molecule has 0 saturated carbocycles. The number of hydrogen-bond acceptors (Lipinski definition) is 3. The van der Waals surface area contributed by atoms with Gasteiger partial charge in [-0.25, -0.2) is 4.79 Å². The molecule has 0 bridgehead atoms. The van der Waals surface area contributed by atoms with E-state index in [2.05, 4.69) is 10.4 Å². The first-order chi connectivity index (χ1) is 9.81. The molecule has 1 aromatic heterocycles. The zero-order chi connectivity index (χ0) is 16.2. The first kappa shape index (κ1) is 17.2. The maximum absolute atomic E-state index is 12.2. The topological polar surface area (TPSA) is 84.2 Å². The summed E-state index contributed by atoms with van der Waals surface area (Å²) in [4.78, 5) is 23.3. The number of aryl methyl sites for hydroxylation is 2. The number of carboxylic acid groups (broad SMARTS) is 1. The van der Waals surface area contributed by atoms with Crippen molar-refractivity contribution in [3.05, 3.63) is 17.0 Å². The Morgan fingerprint density at radius 3 is 2.33 bits per heavy atom. The van der Waals surface area contributed by atoms with Gasteiger partial charge < -0.3 is 10.4 Å². The molecule has 0 saturated heterocycles. The van der Waals surface area contributed by atoms with Gasteiger partial charge in [-0.05, 0) is 18.8 Å². The summed E-state index contributed by atoms with van der Waals surface area (Å²) < 4.78 is 1.80. The summed E-state index contributed by atoms with van der Waals surface area (Å²) in [6.45, 7) is 7.57. The van der Waals surface area contributed by atoms with Crippen molar-refractivity contribution in [2.45, 2.75) is 53.0 Å². The Hall–Kier alpha value is -1.85. The van der Waals surface area contributed by atoms with E-state index in [1.54, 1.807) is 18.5 Å². The van der Waals surface area contributed by atoms with Crippen LogP contribution in [-0.2, 0) is 35.9 Å². The third-order valence-corrected chi connectivity index (χ3v) is 3.61. The first-order valence-electron chi connectivity index (χ1n) is 7.37. The quantitative estimate of drug-likeness (QED) is 0.794. The monoisotopic (exact) mass is 295 g/mol. The molecule has 1 heterocycles. The van der Waals surface area contributed by atoms with Crippen molar-refractivity contribution in [3.63, 3.8) is 0 Å². The van der Waals surface area contributed by atoms with Gasteiger partial charge in [0.25, 0.3) is 0 Å². The molecule has 0 aliphatic rings. The molecule has 21 heavy (non-hydrogen) atoms. The maximum atomic E-state index is 12.2. The molecule has 118 valence electrons. The van der Waals surface area contributed by atoms with Crippen LogP contribution in [0.15, 0.2) is 0 Å². The smallest absolute Gasteiger partial charge is 0.326 e. The lowest BCUT2D eigenvalue weighted by Gasteiger charge is -2.18. The van der Waals surface area contributed by atoms with Crippen molar-refractivity contribution in [1.29, 1.82) is 0 Å². The predicted octanol–water partition coefficient (Wildman–Crippen LogP) is 1.31. The molecule has 0 radical (unpaired) electrons. The Bertz CT molecular complexity index is 520. The van der Waals surface area contributed by atoms with Gasteiger partial charge in [-0.2, -0.15) is 5.10 Å². The van der Waals surface area contributed by atoms with Gasteiger partial charge in [0.2, 0.25) is 5.91 Å². The second kappa shape index (κ2) is 7.24. The number of nitrogens with one attached hydrogen (secondary N) is 1. The van der Waals surface area contributed by atoms with Crippen molar-refractivity contribution in [2.24, 2.45) is 13.0 Å². The van der Waals surface area contributed by atoms with Crippen molar-refractivity contribution in [2.75, 3.05) is 0 Å². The van der Waals surface area contributed by atoms with Crippen LogP contribution in [0.25, 0.3) is 0 Å². The highest BCUT2D eigenvalue weighted by Crippen LogP contribution is 2.16. The van der Waals surface area contributed by atoms with E-state index in [0.717, 1.165) is 29.8 Å². The van der Waals surface area contributed by atoms with Crippen molar-refractivity contribution < 1.29 is 14.7 Å². The lowest BCUT2D eigenvalue weighted by molar-refractivity contribution is -0.143. The largest absolute Gasteiger partial charge is 0.480 e. The van der Waals surface area contributed by atoms with Gasteiger partial charge in [-0.15, -0.1) is 0 Å². The number of carbonyl (C=O) groups excluding carboxylic acids is 1. The van der Waals surface area contributed by atoms with Crippen LogP contribution >= 0.6 is 0 Å². The average Bonchev–Trinajstić information content (AvgIpc) is 2.70. The number of hydrogen-bond donors (Lipinski definition) is 2. The van der Waals surface area contributed by atoms with Gasteiger partial charge in [0, 0.05) is 18.3 Å². The highest BCUT2D eigenvalue weighted by molar-refractivity contribution is 5.85. The molecule has 1 rings (SSSR count). The van der Waals surface area contributed by atoms with E-state index in [1.807, 2.05) is 20.9 Å². The van der Waals surface area contributed by atoms with E-state index < -0.39 is 12.0 Å². The molecule has 0 aliphatic heterocycles.